The van der Waals surface area contributed by atoms with E-state index < -0.39 is 0 Å². The molecule has 30 heavy (non-hydrogen) atoms. The molecule has 0 aliphatic carbocycles. The summed E-state index contributed by atoms with van der Waals surface area (Å²) in [6.45, 7) is 5.29. The van der Waals surface area contributed by atoms with Gasteiger partial charge in [-0.2, -0.15) is 4.37 Å². The monoisotopic (exact) mass is 427 g/mol. The average Bonchev–Trinajstić information content (AvgIpc) is 3.23. The van der Waals surface area contributed by atoms with Crippen molar-refractivity contribution < 1.29 is 14.3 Å². The average molecular weight is 428 g/mol. The highest BCUT2D eigenvalue weighted by molar-refractivity contribution is 7.08. The predicted molar refractivity (Wildman–Crippen MR) is 119 cm³/mol. The number of morpholine rings is 1. The molecule has 2 aliphatic rings. The van der Waals surface area contributed by atoms with Crippen molar-refractivity contribution in [1.29, 1.82) is 0 Å². The lowest BCUT2D eigenvalue weighted by Crippen LogP contribution is -2.38. The second-order valence-corrected chi connectivity index (χ2v) is 8.42. The molecule has 0 bridgehead atoms. The van der Waals surface area contributed by atoms with Crippen molar-refractivity contribution in [2.45, 2.75) is 25.7 Å². The Kier molecular flexibility index (Phi) is 7.15. The number of carbonyl (C=O) groups excluding carboxylic acids is 1. The van der Waals surface area contributed by atoms with Gasteiger partial charge in [0.2, 0.25) is 0 Å². The summed E-state index contributed by atoms with van der Waals surface area (Å²) < 4.78 is 15.4. The smallest absolute Gasteiger partial charge is 0.269 e. The minimum Gasteiger partial charge on any atom is -0.497 e. The Bertz CT molecular complexity index is 872. The van der Waals surface area contributed by atoms with Gasteiger partial charge in [0.15, 0.2) is 0 Å². The molecule has 1 amide bonds. The zero-order valence-electron chi connectivity index (χ0n) is 17.5. The molecular formula is C23H29N3O3S. The van der Waals surface area contributed by atoms with Gasteiger partial charge in [0.25, 0.3) is 5.91 Å². The molecule has 7 heteroatoms. The molecule has 4 rings (SSSR count). The minimum absolute atomic E-state index is 0.0717. The first-order valence-corrected chi connectivity index (χ1v) is 11.4. The van der Waals surface area contributed by atoms with E-state index in [2.05, 4.69) is 15.3 Å². The highest BCUT2D eigenvalue weighted by atomic mass is 32.1. The zero-order valence-corrected chi connectivity index (χ0v) is 18.3. The molecule has 1 aromatic heterocycles. The van der Waals surface area contributed by atoms with Gasteiger partial charge < -0.3 is 14.4 Å². The van der Waals surface area contributed by atoms with Crippen LogP contribution in [0.5, 0.6) is 5.75 Å². The molecule has 0 spiro atoms. The van der Waals surface area contributed by atoms with Crippen LogP contribution in [-0.2, 0) is 11.2 Å². The molecule has 6 nitrogen and oxygen atoms in total. The molecule has 0 unspecified atom stereocenters. The van der Waals surface area contributed by atoms with E-state index in [1.165, 1.54) is 11.5 Å². The van der Waals surface area contributed by atoms with Gasteiger partial charge in [-0.3, -0.25) is 9.69 Å². The summed E-state index contributed by atoms with van der Waals surface area (Å²) in [5.74, 6) is 0.891. The Hall–Kier alpha value is -2.22. The minimum atomic E-state index is 0.0717. The molecule has 0 N–H and O–H groups in total. The Morgan fingerprint density at radius 1 is 1.17 bits per heavy atom. The van der Waals surface area contributed by atoms with E-state index in [0.29, 0.717) is 0 Å². The fourth-order valence-electron chi connectivity index (χ4n) is 3.95. The topological polar surface area (TPSA) is 54.9 Å². The number of fused-ring (bicyclic) bond motifs is 1. The van der Waals surface area contributed by atoms with E-state index in [-0.39, 0.29) is 5.91 Å². The lowest BCUT2D eigenvalue weighted by Gasteiger charge is -2.27. The van der Waals surface area contributed by atoms with Gasteiger partial charge in [-0.25, -0.2) is 0 Å². The third kappa shape index (κ3) is 4.91. The molecule has 1 aromatic carbocycles. The summed E-state index contributed by atoms with van der Waals surface area (Å²) in [6, 6.07) is 7.92. The lowest BCUT2D eigenvalue weighted by molar-refractivity contribution is 0.0364. The van der Waals surface area contributed by atoms with Crippen molar-refractivity contribution in [3.8, 4) is 17.0 Å². The molecule has 3 heterocycles. The van der Waals surface area contributed by atoms with E-state index in [4.69, 9.17) is 9.47 Å². The van der Waals surface area contributed by atoms with Crippen LogP contribution in [0.25, 0.3) is 11.3 Å². The lowest BCUT2D eigenvalue weighted by atomic mass is 10.0. The van der Waals surface area contributed by atoms with Crippen molar-refractivity contribution in [3.63, 3.8) is 0 Å². The fourth-order valence-corrected chi connectivity index (χ4v) is 4.85. The standard InChI is InChI=1S/C23H29N3O3S/c1-28-19-9-7-18(8-10-19)21-20-6-3-2-4-12-26(23(27)22(20)30-24-21)13-5-11-25-14-16-29-17-15-25/h4,7-10,12H,2-3,5-6,11,13-17H2,1H3/b12-4-. The molecule has 2 aromatic rings. The number of methoxy groups -OCH3 is 1. The third-order valence-corrected chi connectivity index (χ3v) is 6.54. The van der Waals surface area contributed by atoms with Crippen molar-refractivity contribution >= 4 is 17.4 Å². The summed E-state index contributed by atoms with van der Waals surface area (Å²) >= 11 is 1.33. The molecule has 0 atom stereocenters. The molecule has 0 radical (unpaired) electrons. The van der Waals surface area contributed by atoms with Crippen LogP contribution in [0.3, 0.4) is 0 Å². The van der Waals surface area contributed by atoms with Gasteiger partial charge >= 0.3 is 0 Å². The summed E-state index contributed by atoms with van der Waals surface area (Å²) in [5.41, 5.74) is 3.05. The van der Waals surface area contributed by atoms with Crippen LogP contribution >= 0.6 is 11.5 Å². The van der Waals surface area contributed by atoms with Gasteiger partial charge in [-0.05, 0) is 61.5 Å². The SMILES string of the molecule is COc1ccc(-c2nsc3c2CCC/C=C\N(CCCN2CCOCC2)C3=O)cc1. The summed E-state index contributed by atoms with van der Waals surface area (Å²) in [4.78, 5) is 18.4. The summed E-state index contributed by atoms with van der Waals surface area (Å²) in [6.07, 6.45) is 7.90. The van der Waals surface area contributed by atoms with E-state index in [1.54, 1.807) is 7.11 Å². The molecule has 160 valence electrons. The number of carbonyl (C=O) groups is 1. The third-order valence-electron chi connectivity index (χ3n) is 5.67. The number of ether oxygens (including phenoxy) is 2. The number of nitrogens with zero attached hydrogens (tertiary/aromatic N) is 3. The van der Waals surface area contributed by atoms with Crippen LogP contribution in [0.15, 0.2) is 36.5 Å². The van der Waals surface area contributed by atoms with Gasteiger partial charge in [-0.1, -0.05) is 6.08 Å². The molecule has 0 saturated carbocycles. The first-order chi connectivity index (χ1) is 14.8. The first kappa shape index (κ1) is 21.0. The van der Waals surface area contributed by atoms with Crippen LogP contribution in [0.1, 0.15) is 34.5 Å². The van der Waals surface area contributed by atoms with E-state index in [9.17, 15) is 4.79 Å². The Morgan fingerprint density at radius 3 is 2.73 bits per heavy atom. The predicted octanol–water partition coefficient (Wildman–Crippen LogP) is 3.83. The van der Waals surface area contributed by atoms with Crippen LogP contribution in [0.4, 0.5) is 0 Å². The van der Waals surface area contributed by atoms with Crippen LogP contribution in [0.2, 0.25) is 0 Å². The number of hydrogen-bond acceptors (Lipinski definition) is 6. The number of allylic oxidation sites excluding steroid dienone is 1. The Balaban J connectivity index is 1.50. The Morgan fingerprint density at radius 2 is 1.97 bits per heavy atom. The summed E-state index contributed by atoms with van der Waals surface area (Å²) in [7, 11) is 1.66. The second kappa shape index (κ2) is 10.2. The molecule has 1 fully saturated rings. The molecular weight excluding hydrogens is 398 g/mol. The highest BCUT2D eigenvalue weighted by Gasteiger charge is 2.25. The van der Waals surface area contributed by atoms with Crippen molar-refractivity contribution in [3.05, 3.63) is 47.0 Å². The maximum atomic E-state index is 13.4. The van der Waals surface area contributed by atoms with Crippen LogP contribution in [0, 0.1) is 0 Å². The normalized spacial score (nSPS) is 19.0. The van der Waals surface area contributed by atoms with Gasteiger partial charge in [0, 0.05) is 43.5 Å². The first-order valence-electron chi connectivity index (χ1n) is 10.7. The van der Waals surface area contributed by atoms with Gasteiger partial charge in [-0.15, -0.1) is 0 Å². The Labute approximate surface area is 182 Å². The summed E-state index contributed by atoms with van der Waals surface area (Å²) in [5, 5.41) is 0. The molecule has 1 saturated heterocycles. The number of rotatable bonds is 6. The van der Waals surface area contributed by atoms with Gasteiger partial charge in [0.1, 0.15) is 10.6 Å². The zero-order chi connectivity index (χ0) is 20.8. The second-order valence-electron chi connectivity index (χ2n) is 7.65. The van der Waals surface area contributed by atoms with Gasteiger partial charge in [0.05, 0.1) is 26.0 Å². The van der Waals surface area contributed by atoms with E-state index in [0.717, 1.165) is 92.5 Å². The maximum Gasteiger partial charge on any atom is 0.269 e. The fraction of sp³-hybridized carbons (Fsp3) is 0.478. The number of aromatic nitrogens is 1. The van der Waals surface area contributed by atoms with Crippen LogP contribution < -0.4 is 4.74 Å². The number of amides is 1. The number of benzene rings is 1. The largest absolute Gasteiger partial charge is 0.497 e. The van der Waals surface area contributed by atoms with Crippen molar-refractivity contribution in [1.82, 2.24) is 14.2 Å². The van der Waals surface area contributed by atoms with Crippen molar-refractivity contribution in [2.24, 2.45) is 0 Å². The maximum absolute atomic E-state index is 13.4. The van der Waals surface area contributed by atoms with Crippen LogP contribution in [-0.4, -0.2) is 66.6 Å². The van der Waals surface area contributed by atoms with E-state index >= 15 is 0 Å². The quantitative estimate of drug-likeness (QED) is 0.701. The molecule has 2 aliphatic heterocycles. The highest BCUT2D eigenvalue weighted by Crippen LogP contribution is 2.32. The van der Waals surface area contributed by atoms with E-state index in [1.807, 2.05) is 35.4 Å². The van der Waals surface area contributed by atoms with Crippen molar-refractivity contribution in [2.75, 3.05) is 46.5 Å². The number of hydrogen-bond donors (Lipinski definition) is 0.